The summed E-state index contributed by atoms with van der Waals surface area (Å²) in [5.74, 6) is -0.622. The first-order valence-electron chi connectivity index (χ1n) is 7.40. The number of fused-ring (bicyclic) bond motifs is 1. The number of alkyl halides is 1. The number of hydrogen-bond acceptors (Lipinski definition) is 7. The molecule has 0 aliphatic carbocycles. The number of halogens is 1. The molecule has 0 spiro atoms. The van der Waals surface area contributed by atoms with Crippen molar-refractivity contribution < 1.29 is 14.1 Å². The molecule has 2 aromatic heterocycles. The molecular formula is C16H10ClN5O4. The molecule has 0 fully saturated rings. The topological polar surface area (TPSA) is 133 Å². The summed E-state index contributed by atoms with van der Waals surface area (Å²) >= 11 is 5.63. The number of hydrogen-bond donors (Lipinski definition) is 2. The van der Waals surface area contributed by atoms with Crippen molar-refractivity contribution in [1.82, 2.24) is 20.0 Å². The number of nitrogens with two attached hydrogens (primary N) is 1. The normalized spacial score (nSPS) is 13.0. The predicted octanol–water partition coefficient (Wildman–Crippen LogP) is 1.09. The van der Waals surface area contributed by atoms with E-state index in [4.69, 9.17) is 21.9 Å². The summed E-state index contributed by atoms with van der Waals surface area (Å²) in [6, 6.07) is 7.66. The lowest BCUT2D eigenvalue weighted by Gasteiger charge is -2.12. The number of nitrogen functional groups attached to an aromatic ring is 1. The summed E-state index contributed by atoms with van der Waals surface area (Å²) in [5, 5.41) is 5.93. The first-order valence-corrected chi connectivity index (χ1v) is 7.93. The minimum Gasteiger partial charge on any atom is -0.384 e. The second-order valence-electron chi connectivity index (χ2n) is 5.47. The van der Waals surface area contributed by atoms with Crippen LogP contribution in [0.3, 0.4) is 0 Å². The van der Waals surface area contributed by atoms with E-state index in [0.717, 1.165) is 10.6 Å². The van der Waals surface area contributed by atoms with Crippen LogP contribution < -0.4 is 16.6 Å². The fourth-order valence-corrected chi connectivity index (χ4v) is 2.84. The lowest BCUT2D eigenvalue weighted by Crippen LogP contribution is -2.24. The maximum Gasteiger partial charge on any atom is 0.262 e. The van der Waals surface area contributed by atoms with Crippen molar-refractivity contribution in [3.05, 3.63) is 57.7 Å². The van der Waals surface area contributed by atoms with E-state index in [1.807, 2.05) is 0 Å². The van der Waals surface area contributed by atoms with Gasteiger partial charge < -0.3 is 10.3 Å². The number of imide groups is 1. The van der Waals surface area contributed by atoms with Crippen LogP contribution >= 0.6 is 11.6 Å². The van der Waals surface area contributed by atoms with Crippen LogP contribution in [-0.4, -0.2) is 26.5 Å². The summed E-state index contributed by atoms with van der Waals surface area (Å²) in [7, 11) is 0. The Morgan fingerprint density at radius 3 is 2.54 bits per heavy atom. The van der Waals surface area contributed by atoms with Gasteiger partial charge in [-0.25, -0.2) is 0 Å². The van der Waals surface area contributed by atoms with Crippen LogP contribution in [0.5, 0.6) is 0 Å². The fourth-order valence-electron chi connectivity index (χ4n) is 2.73. The van der Waals surface area contributed by atoms with Crippen molar-refractivity contribution in [1.29, 1.82) is 0 Å². The molecule has 3 N–H and O–H groups in total. The highest BCUT2D eigenvalue weighted by Gasteiger charge is 2.31. The third-order valence-corrected chi connectivity index (χ3v) is 4.15. The van der Waals surface area contributed by atoms with Gasteiger partial charge in [0.25, 0.3) is 17.4 Å². The first kappa shape index (κ1) is 16.0. The van der Waals surface area contributed by atoms with Crippen LogP contribution in [0.25, 0.3) is 17.1 Å². The molecule has 10 heteroatoms. The zero-order valence-corrected chi connectivity index (χ0v) is 13.8. The predicted molar refractivity (Wildman–Crippen MR) is 91.1 cm³/mol. The number of pyridine rings is 1. The number of benzene rings is 1. The van der Waals surface area contributed by atoms with E-state index in [-0.39, 0.29) is 22.8 Å². The SMILES string of the molecule is Nc1c2c(cc(=O)n1-c1ccc(-c3noc(CCl)n3)cc1)C(=O)NC2=O. The molecule has 2 amide bonds. The number of carbonyl (C=O) groups is 2. The zero-order chi connectivity index (χ0) is 18.4. The van der Waals surface area contributed by atoms with Crippen molar-refractivity contribution in [2.75, 3.05) is 5.73 Å². The van der Waals surface area contributed by atoms with Crippen molar-refractivity contribution in [3.8, 4) is 17.1 Å². The van der Waals surface area contributed by atoms with Crippen LogP contribution in [0.2, 0.25) is 0 Å². The Morgan fingerprint density at radius 1 is 1.15 bits per heavy atom. The van der Waals surface area contributed by atoms with E-state index in [1.54, 1.807) is 24.3 Å². The number of nitrogens with zero attached hydrogens (tertiary/aromatic N) is 3. The van der Waals surface area contributed by atoms with Gasteiger partial charge >= 0.3 is 0 Å². The number of rotatable bonds is 3. The smallest absolute Gasteiger partial charge is 0.262 e. The maximum absolute atomic E-state index is 12.4. The molecule has 0 unspecified atom stereocenters. The van der Waals surface area contributed by atoms with E-state index in [0.29, 0.717) is 23.0 Å². The summed E-state index contributed by atoms with van der Waals surface area (Å²) in [5.41, 5.74) is 6.50. The average Bonchev–Trinajstić information content (AvgIpc) is 3.20. The Kier molecular flexibility index (Phi) is 3.58. The van der Waals surface area contributed by atoms with E-state index in [1.165, 1.54) is 0 Å². The van der Waals surface area contributed by atoms with Crippen LogP contribution in [0.15, 0.2) is 39.6 Å². The van der Waals surface area contributed by atoms with Gasteiger partial charge in [-0.15, -0.1) is 11.6 Å². The highest BCUT2D eigenvalue weighted by Crippen LogP contribution is 2.24. The molecule has 1 aliphatic rings. The molecule has 0 bridgehead atoms. The molecule has 1 aromatic carbocycles. The Bertz CT molecular complexity index is 1120. The monoisotopic (exact) mass is 371 g/mol. The summed E-state index contributed by atoms with van der Waals surface area (Å²) in [4.78, 5) is 40.1. The molecule has 0 radical (unpaired) electrons. The second kappa shape index (κ2) is 5.81. The van der Waals surface area contributed by atoms with Crippen LogP contribution in [0.4, 0.5) is 5.82 Å². The van der Waals surface area contributed by atoms with Crippen molar-refractivity contribution in [2.24, 2.45) is 0 Å². The van der Waals surface area contributed by atoms with E-state index in [9.17, 15) is 14.4 Å². The molecule has 26 heavy (non-hydrogen) atoms. The number of amides is 2. The first-order chi connectivity index (χ1) is 12.5. The molecule has 0 saturated carbocycles. The molecule has 4 rings (SSSR count). The largest absolute Gasteiger partial charge is 0.384 e. The molecule has 1 aliphatic heterocycles. The van der Waals surface area contributed by atoms with Crippen LogP contribution in [-0.2, 0) is 5.88 Å². The molecule has 3 heterocycles. The second-order valence-corrected chi connectivity index (χ2v) is 5.73. The highest BCUT2D eigenvalue weighted by molar-refractivity contribution is 6.23. The van der Waals surface area contributed by atoms with Crippen LogP contribution in [0, 0.1) is 0 Å². The minimum absolute atomic E-state index is 0.0106. The van der Waals surface area contributed by atoms with Gasteiger partial charge in [-0.1, -0.05) is 5.16 Å². The van der Waals surface area contributed by atoms with Crippen molar-refractivity contribution >= 4 is 29.2 Å². The third-order valence-electron chi connectivity index (χ3n) is 3.92. The fraction of sp³-hybridized carbons (Fsp3) is 0.0625. The zero-order valence-electron chi connectivity index (χ0n) is 13.0. The molecule has 3 aromatic rings. The van der Waals surface area contributed by atoms with Gasteiger partial charge in [0.15, 0.2) is 0 Å². The quantitative estimate of drug-likeness (QED) is 0.520. The Hall–Kier alpha value is -3.46. The van der Waals surface area contributed by atoms with Crippen molar-refractivity contribution in [3.63, 3.8) is 0 Å². The van der Waals surface area contributed by atoms with Gasteiger partial charge in [0, 0.05) is 11.6 Å². The Labute approximate surface area is 150 Å². The number of nitrogens with one attached hydrogen (secondary N) is 1. The maximum atomic E-state index is 12.4. The molecule has 0 saturated heterocycles. The summed E-state index contributed by atoms with van der Waals surface area (Å²) in [6.07, 6.45) is 0. The highest BCUT2D eigenvalue weighted by atomic mass is 35.5. The molecule has 9 nitrogen and oxygen atoms in total. The average molecular weight is 372 g/mol. The minimum atomic E-state index is -0.636. The van der Waals surface area contributed by atoms with E-state index in [2.05, 4.69) is 15.5 Å². The van der Waals surface area contributed by atoms with Crippen molar-refractivity contribution in [2.45, 2.75) is 5.88 Å². The lowest BCUT2D eigenvalue weighted by molar-refractivity contribution is 0.0880. The van der Waals surface area contributed by atoms with Gasteiger partial charge in [0.05, 0.1) is 16.8 Å². The van der Waals surface area contributed by atoms with Gasteiger partial charge in [-0.05, 0) is 24.3 Å². The van der Waals surface area contributed by atoms with Gasteiger partial charge in [0.2, 0.25) is 11.7 Å². The Morgan fingerprint density at radius 2 is 1.88 bits per heavy atom. The lowest BCUT2D eigenvalue weighted by atomic mass is 10.1. The van der Waals surface area contributed by atoms with E-state index >= 15 is 0 Å². The standard InChI is InChI=1S/C16H10ClN5O4/c17-6-10-19-14(21-26-10)7-1-3-8(4-2-7)22-11(23)5-9-12(13(22)18)16(25)20-15(9)24/h1-5H,6,18H2,(H,20,24,25). The summed E-state index contributed by atoms with van der Waals surface area (Å²) in [6.45, 7) is 0. The number of carbonyl (C=O) groups excluding carboxylic acids is 2. The Balaban J connectivity index is 1.79. The summed E-state index contributed by atoms with van der Waals surface area (Å²) < 4.78 is 6.10. The third kappa shape index (κ3) is 2.37. The van der Waals surface area contributed by atoms with Crippen LogP contribution in [0.1, 0.15) is 26.6 Å². The van der Waals surface area contributed by atoms with Gasteiger partial charge in [-0.3, -0.25) is 24.3 Å². The van der Waals surface area contributed by atoms with Gasteiger partial charge in [0.1, 0.15) is 11.7 Å². The molecular weight excluding hydrogens is 362 g/mol. The van der Waals surface area contributed by atoms with Gasteiger partial charge in [-0.2, -0.15) is 4.98 Å². The molecule has 130 valence electrons. The van der Waals surface area contributed by atoms with E-state index < -0.39 is 17.4 Å². The molecule has 0 atom stereocenters. The number of aromatic nitrogens is 3. The number of anilines is 1.